The molecule has 3 rings (SSSR count). The predicted octanol–water partition coefficient (Wildman–Crippen LogP) is -0.262. The number of hydrogen-bond acceptors (Lipinski definition) is 7. The number of rotatable bonds is 18. The molecule has 1 aromatic heterocycles. The first kappa shape index (κ1) is 35.0. The van der Waals surface area contributed by atoms with E-state index in [-0.39, 0.29) is 38.2 Å². The van der Waals surface area contributed by atoms with Gasteiger partial charge in [0.05, 0.1) is 6.04 Å². The highest BCUT2D eigenvalue weighted by molar-refractivity contribution is 5.94. The van der Waals surface area contributed by atoms with Gasteiger partial charge in [0, 0.05) is 42.9 Å². The largest absolute Gasteiger partial charge is 0.481 e. The molecule has 0 aliphatic heterocycles. The molecular weight excluding hydrogens is 596 g/mol. The minimum atomic E-state index is -1.35. The summed E-state index contributed by atoms with van der Waals surface area (Å²) in [6, 6.07) is 11.1. The van der Waals surface area contributed by atoms with Crippen LogP contribution in [0.25, 0.3) is 10.9 Å². The van der Waals surface area contributed by atoms with E-state index in [9.17, 15) is 34.2 Å². The van der Waals surface area contributed by atoms with Gasteiger partial charge in [-0.2, -0.15) is 0 Å². The van der Waals surface area contributed by atoms with E-state index in [1.54, 1.807) is 36.5 Å². The Hall–Kier alpha value is -5.44. The number of aliphatic carboxylic acids is 2. The van der Waals surface area contributed by atoms with Gasteiger partial charge < -0.3 is 48.3 Å². The van der Waals surface area contributed by atoms with E-state index in [4.69, 9.17) is 17.2 Å². The van der Waals surface area contributed by atoms with Crippen LogP contribution in [-0.4, -0.2) is 81.5 Å². The number of aliphatic imine (C=N–C) groups is 1. The number of nitrogens with zero attached hydrogens (tertiary/aromatic N) is 1. The van der Waals surface area contributed by atoms with Gasteiger partial charge in [-0.3, -0.25) is 24.2 Å². The minimum Gasteiger partial charge on any atom is -0.481 e. The van der Waals surface area contributed by atoms with Crippen LogP contribution in [0.2, 0.25) is 0 Å². The summed E-state index contributed by atoms with van der Waals surface area (Å²) in [5, 5.41) is 27.6. The summed E-state index contributed by atoms with van der Waals surface area (Å²) in [6.45, 7) is 0.236. The number of carboxylic acids is 2. The Kier molecular flexibility index (Phi) is 13.1. The second kappa shape index (κ2) is 17.2. The van der Waals surface area contributed by atoms with Crippen molar-refractivity contribution in [1.29, 1.82) is 0 Å². The lowest BCUT2D eigenvalue weighted by atomic mass is 10.0. The molecule has 1 heterocycles. The number of benzene rings is 2. The maximum Gasteiger partial charge on any atom is 0.326 e. The van der Waals surface area contributed by atoms with Gasteiger partial charge in [-0.1, -0.05) is 48.5 Å². The third-order valence-corrected chi connectivity index (χ3v) is 7.21. The molecule has 4 atom stereocenters. The van der Waals surface area contributed by atoms with Crippen LogP contribution in [0.15, 0.2) is 65.8 Å². The van der Waals surface area contributed by atoms with Crippen LogP contribution in [0, 0.1) is 0 Å². The second-order valence-electron chi connectivity index (χ2n) is 10.8. The van der Waals surface area contributed by atoms with Crippen LogP contribution in [-0.2, 0) is 36.8 Å². The SMILES string of the molecule is NC(N)=NCCCC(N)C(=O)NC(CCC(=O)O)C(=O)NC(Cc1ccccc1)C(=O)NC(Cc1c[nH]c2ccccc12)C(=O)O. The summed E-state index contributed by atoms with van der Waals surface area (Å²) in [5.41, 5.74) is 18.7. The summed E-state index contributed by atoms with van der Waals surface area (Å²) in [6.07, 6.45) is 1.45. The molecule has 0 saturated heterocycles. The Balaban J connectivity index is 1.77. The Morgan fingerprint density at radius 1 is 0.783 bits per heavy atom. The number of aromatic amines is 1. The molecule has 0 aliphatic carbocycles. The third kappa shape index (κ3) is 10.9. The fraction of sp³-hybridized carbons (Fsp3) is 0.355. The van der Waals surface area contributed by atoms with Crippen molar-refractivity contribution in [2.75, 3.05) is 6.54 Å². The topological polar surface area (TPSA) is 268 Å². The van der Waals surface area contributed by atoms with E-state index < -0.39 is 60.2 Å². The Labute approximate surface area is 265 Å². The molecule has 0 saturated carbocycles. The summed E-state index contributed by atoms with van der Waals surface area (Å²) in [5.74, 6) is -4.89. The molecule has 0 spiro atoms. The number of carboxylic acid groups (broad SMARTS) is 2. The standard InChI is InChI=1S/C31H40N8O7/c32-21(10-6-14-35-31(33)34)27(42)37-23(12-13-26(40)41)28(43)38-24(15-18-7-2-1-3-8-18)29(44)39-25(30(45)46)16-19-17-36-22-11-5-4-9-20(19)22/h1-5,7-9,11,17,21,23-25,36H,6,10,12-16,32H2,(H,37,42)(H,38,43)(H,39,44)(H,40,41)(H,45,46)(H4,33,34,35). The average Bonchev–Trinajstić information content (AvgIpc) is 3.43. The van der Waals surface area contributed by atoms with E-state index in [1.165, 1.54) is 0 Å². The normalized spacial score (nSPS) is 13.5. The third-order valence-electron chi connectivity index (χ3n) is 7.21. The molecule has 0 radical (unpaired) electrons. The van der Waals surface area contributed by atoms with Crippen LogP contribution in [0.1, 0.15) is 36.8 Å². The highest BCUT2D eigenvalue weighted by atomic mass is 16.4. The van der Waals surface area contributed by atoms with Crippen molar-refractivity contribution in [2.24, 2.45) is 22.2 Å². The van der Waals surface area contributed by atoms with E-state index in [1.807, 2.05) is 24.3 Å². The number of carbonyl (C=O) groups is 5. The predicted molar refractivity (Wildman–Crippen MR) is 170 cm³/mol. The number of amides is 3. The number of carbonyl (C=O) groups excluding carboxylic acids is 3. The van der Waals surface area contributed by atoms with Gasteiger partial charge in [-0.05, 0) is 36.5 Å². The van der Waals surface area contributed by atoms with Crippen LogP contribution >= 0.6 is 0 Å². The maximum absolute atomic E-state index is 13.6. The van der Waals surface area contributed by atoms with Gasteiger partial charge >= 0.3 is 11.9 Å². The van der Waals surface area contributed by atoms with E-state index in [2.05, 4.69) is 25.9 Å². The Morgan fingerprint density at radius 3 is 2.09 bits per heavy atom. The monoisotopic (exact) mass is 636 g/mol. The fourth-order valence-corrected chi connectivity index (χ4v) is 4.79. The number of H-pyrrole nitrogens is 1. The second-order valence-corrected chi connectivity index (χ2v) is 10.8. The number of guanidine groups is 1. The fourth-order valence-electron chi connectivity index (χ4n) is 4.79. The van der Waals surface area contributed by atoms with Gasteiger partial charge in [0.1, 0.15) is 18.1 Å². The Morgan fingerprint density at radius 2 is 1.41 bits per heavy atom. The van der Waals surface area contributed by atoms with Gasteiger partial charge in [0.2, 0.25) is 17.7 Å². The highest BCUT2D eigenvalue weighted by Crippen LogP contribution is 2.19. The van der Waals surface area contributed by atoms with Gasteiger partial charge in [-0.15, -0.1) is 0 Å². The van der Waals surface area contributed by atoms with Crippen LogP contribution < -0.4 is 33.2 Å². The van der Waals surface area contributed by atoms with Gasteiger partial charge in [0.15, 0.2) is 5.96 Å². The lowest BCUT2D eigenvalue weighted by Gasteiger charge is -2.25. The average molecular weight is 637 g/mol. The highest BCUT2D eigenvalue weighted by Gasteiger charge is 2.31. The maximum atomic E-state index is 13.6. The quantitative estimate of drug-likeness (QED) is 0.0501. The first-order valence-electron chi connectivity index (χ1n) is 14.7. The van der Waals surface area contributed by atoms with Crippen LogP contribution in [0.3, 0.4) is 0 Å². The summed E-state index contributed by atoms with van der Waals surface area (Å²) >= 11 is 0. The molecule has 246 valence electrons. The zero-order valence-corrected chi connectivity index (χ0v) is 25.1. The summed E-state index contributed by atoms with van der Waals surface area (Å²) < 4.78 is 0. The molecule has 15 nitrogen and oxygen atoms in total. The van der Waals surface area contributed by atoms with Crippen molar-refractivity contribution in [2.45, 2.75) is 62.7 Å². The van der Waals surface area contributed by atoms with Crippen molar-refractivity contribution in [1.82, 2.24) is 20.9 Å². The van der Waals surface area contributed by atoms with Gasteiger partial charge in [-0.25, -0.2) is 4.79 Å². The molecule has 3 amide bonds. The van der Waals surface area contributed by atoms with E-state index >= 15 is 0 Å². The molecule has 2 aromatic carbocycles. The molecule has 4 unspecified atom stereocenters. The molecule has 0 bridgehead atoms. The molecule has 12 N–H and O–H groups in total. The van der Waals surface area contributed by atoms with Crippen LogP contribution in [0.5, 0.6) is 0 Å². The molecule has 46 heavy (non-hydrogen) atoms. The number of aromatic nitrogens is 1. The molecular formula is C31H40N8O7. The summed E-state index contributed by atoms with van der Waals surface area (Å²) in [7, 11) is 0. The lowest BCUT2D eigenvalue weighted by molar-refractivity contribution is -0.142. The number of nitrogens with two attached hydrogens (primary N) is 3. The van der Waals surface area contributed by atoms with Gasteiger partial charge in [0.25, 0.3) is 0 Å². The Bertz CT molecular complexity index is 1540. The smallest absolute Gasteiger partial charge is 0.326 e. The van der Waals surface area contributed by atoms with Crippen molar-refractivity contribution in [3.8, 4) is 0 Å². The van der Waals surface area contributed by atoms with Crippen molar-refractivity contribution < 1.29 is 34.2 Å². The zero-order chi connectivity index (χ0) is 33.6. The van der Waals surface area contributed by atoms with Crippen molar-refractivity contribution in [3.63, 3.8) is 0 Å². The van der Waals surface area contributed by atoms with Crippen LogP contribution in [0.4, 0.5) is 0 Å². The lowest BCUT2D eigenvalue weighted by Crippen LogP contribution is -2.57. The van der Waals surface area contributed by atoms with Crippen molar-refractivity contribution >= 4 is 46.5 Å². The number of nitrogens with one attached hydrogen (secondary N) is 4. The number of para-hydroxylation sites is 1. The van der Waals surface area contributed by atoms with E-state index in [0.29, 0.717) is 17.5 Å². The first-order chi connectivity index (χ1) is 21.9. The minimum absolute atomic E-state index is 0.0122. The molecule has 15 heteroatoms. The number of hydrogen-bond donors (Lipinski definition) is 9. The van der Waals surface area contributed by atoms with Crippen molar-refractivity contribution in [3.05, 3.63) is 71.9 Å². The summed E-state index contributed by atoms with van der Waals surface area (Å²) in [4.78, 5) is 70.3. The molecule has 3 aromatic rings. The zero-order valence-electron chi connectivity index (χ0n) is 25.1. The molecule has 0 aliphatic rings. The number of fused-ring (bicyclic) bond motifs is 1. The van der Waals surface area contributed by atoms with E-state index in [0.717, 1.165) is 10.9 Å². The first-order valence-corrected chi connectivity index (χ1v) is 14.7. The molecule has 0 fully saturated rings.